The van der Waals surface area contributed by atoms with Gasteiger partial charge in [0, 0.05) is 30.1 Å². The Balaban J connectivity index is 1.68. The van der Waals surface area contributed by atoms with Crippen LogP contribution in [0.15, 0.2) is 29.8 Å². The summed E-state index contributed by atoms with van der Waals surface area (Å²) in [7, 11) is 0. The molecule has 1 atom stereocenters. The number of nitrogens with one attached hydrogen (secondary N) is 1. The first kappa shape index (κ1) is 20.7. The number of Topliss-reactive ketones (excluding diaryl/α,β-unsaturated/α-hetero) is 1. The summed E-state index contributed by atoms with van der Waals surface area (Å²) in [6.07, 6.45) is 1.82. The highest BCUT2D eigenvalue weighted by atomic mass is 35.5. The van der Waals surface area contributed by atoms with Crippen LogP contribution in [0.1, 0.15) is 45.3 Å². The largest absolute Gasteiger partial charge is 0.346 e. The fourth-order valence-corrected chi connectivity index (χ4v) is 3.73. The van der Waals surface area contributed by atoms with E-state index in [-0.39, 0.29) is 23.4 Å². The molecule has 0 radical (unpaired) electrons. The molecule has 148 valence electrons. The fourth-order valence-electron chi connectivity index (χ4n) is 2.82. The molecule has 1 N–H and O–H groups in total. The monoisotopic (exact) mass is 427 g/mol. The second-order valence-corrected chi connectivity index (χ2v) is 7.84. The highest BCUT2D eigenvalue weighted by Gasteiger charge is 2.16. The molecule has 2 aromatic heterocycles. The molecular formula is C20H18ClN5O2S. The van der Waals surface area contributed by atoms with Crippen LogP contribution in [-0.4, -0.2) is 32.5 Å². The van der Waals surface area contributed by atoms with Gasteiger partial charge in [0.05, 0.1) is 22.8 Å². The van der Waals surface area contributed by atoms with Crippen LogP contribution in [0.2, 0.25) is 5.02 Å². The predicted octanol–water partition coefficient (Wildman–Crippen LogP) is 3.86. The van der Waals surface area contributed by atoms with Gasteiger partial charge in [-0.15, -0.1) is 11.3 Å². The Labute approximate surface area is 177 Å². The zero-order chi connectivity index (χ0) is 21.1. The first-order chi connectivity index (χ1) is 13.8. The molecule has 0 unspecified atom stereocenters. The molecule has 2 heterocycles. The van der Waals surface area contributed by atoms with Crippen molar-refractivity contribution in [2.75, 3.05) is 0 Å². The van der Waals surface area contributed by atoms with E-state index < -0.39 is 0 Å². The summed E-state index contributed by atoms with van der Waals surface area (Å²) in [5.41, 5.74) is 3.04. The van der Waals surface area contributed by atoms with E-state index in [1.54, 1.807) is 16.1 Å². The highest BCUT2D eigenvalue weighted by Crippen LogP contribution is 2.29. The number of hydrogen-bond acceptors (Lipinski definition) is 6. The molecule has 7 nitrogen and oxygen atoms in total. The third-order valence-electron chi connectivity index (χ3n) is 4.30. The van der Waals surface area contributed by atoms with Crippen molar-refractivity contribution in [1.29, 1.82) is 5.26 Å². The zero-order valence-electron chi connectivity index (χ0n) is 16.1. The van der Waals surface area contributed by atoms with Crippen LogP contribution in [-0.2, 0) is 6.54 Å². The number of nitriles is 1. The van der Waals surface area contributed by atoms with Gasteiger partial charge in [-0.3, -0.25) is 14.3 Å². The molecule has 0 fully saturated rings. The van der Waals surface area contributed by atoms with Crippen molar-refractivity contribution in [3.05, 3.63) is 56.6 Å². The topological polar surface area (TPSA) is 101 Å². The van der Waals surface area contributed by atoms with Gasteiger partial charge < -0.3 is 5.32 Å². The first-order valence-corrected chi connectivity index (χ1v) is 10.1. The van der Waals surface area contributed by atoms with E-state index in [0.717, 1.165) is 28.2 Å². The molecule has 0 saturated carbocycles. The summed E-state index contributed by atoms with van der Waals surface area (Å²) >= 11 is 7.40. The Morgan fingerprint density at radius 1 is 1.38 bits per heavy atom. The minimum absolute atomic E-state index is 0.163. The smallest absolute Gasteiger partial charge is 0.271 e. The van der Waals surface area contributed by atoms with Crippen LogP contribution in [0.5, 0.6) is 0 Å². The van der Waals surface area contributed by atoms with E-state index in [9.17, 15) is 9.59 Å². The van der Waals surface area contributed by atoms with Gasteiger partial charge in [0.25, 0.3) is 5.91 Å². The molecule has 3 aromatic rings. The first-order valence-electron chi connectivity index (χ1n) is 8.80. The van der Waals surface area contributed by atoms with E-state index in [1.165, 1.54) is 6.92 Å². The Hall–Kier alpha value is -3.02. The van der Waals surface area contributed by atoms with E-state index in [1.807, 2.05) is 32.2 Å². The molecule has 0 saturated heterocycles. The summed E-state index contributed by atoms with van der Waals surface area (Å²) in [5, 5.41) is 18.8. The van der Waals surface area contributed by atoms with Crippen LogP contribution < -0.4 is 5.32 Å². The number of hydrogen-bond donors (Lipinski definition) is 1. The number of benzene rings is 1. The molecule has 3 rings (SSSR count). The molecule has 1 amide bonds. The molecule has 1 aromatic carbocycles. The zero-order valence-corrected chi connectivity index (χ0v) is 17.6. The number of ketones is 1. The van der Waals surface area contributed by atoms with E-state index in [4.69, 9.17) is 16.9 Å². The number of halogens is 1. The van der Waals surface area contributed by atoms with Gasteiger partial charge >= 0.3 is 0 Å². The highest BCUT2D eigenvalue weighted by molar-refractivity contribution is 7.11. The molecule has 0 aliphatic carbocycles. The number of carbonyl (C=O) groups excluding carboxylic acids is 2. The molecule has 29 heavy (non-hydrogen) atoms. The van der Waals surface area contributed by atoms with Gasteiger partial charge in [-0.2, -0.15) is 10.4 Å². The van der Waals surface area contributed by atoms with Gasteiger partial charge in [-0.05, 0) is 31.5 Å². The quantitative estimate of drug-likeness (QED) is 0.602. The van der Waals surface area contributed by atoms with Crippen molar-refractivity contribution in [3.63, 3.8) is 0 Å². The standard InChI is InChI=1S/C20H18ClN5O2S/c1-11(23-19(28)17-10-29-20(24-17)13(3)27)9-26-7-6-16(25-26)15-5-4-14(8-22)18(21)12(15)2/h4-7,10-11H,9H2,1-3H3,(H,23,28)/t11-/m0/s1. The van der Waals surface area contributed by atoms with Crippen molar-refractivity contribution in [2.45, 2.75) is 33.4 Å². The maximum Gasteiger partial charge on any atom is 0.271 e. The number of nitrogens with zero attached hydrogens (tertiary/aromatic N) is 4. The van der Waals surface area contributed by atoms with Crippen LogP contribution in [0.3, 0.4) is 0 Å². The second kappa shape index (κ2) is 8.55. The van der Waals surface area contributed by atoms with Gasteiger partial charge in [0.1, 0.15) is 11.8 Å². The van der Waals surface area contributed by atoms with Gasteiger partial charge in [-0.25, -0.2) is 4.98 Å². The van der Waals surface area contributed by atoms with Crippen LogP contribution in [0.25, 0.3) is 11.3 Å². The molecule has 0 spiro atoms. The van der Waals surface area contributed by atoms with Crippen LogP contribution in [0.4, 0.5) is 0 Å². The van der Waals surface area contributed by atoms with Crippen molar-refractivity contribution in [2.24, 2.45) is 0 Å². The average Bonchev–Trinajstić information content (AvgIpc) is 3.33. The Kier molecular flexibility index (Phi) is 6.11. The maximum absolute atomic E-state index is 12.3. The Morgan fingerprint density at radius 2 is 2.14 bits per heavy atom. The molecule has 0 aliphatic rings. The molecule has 0 aliphatic heterocycles. The van der Waals surface area contributed by atoms with E-state index in [2.05, 4.69) is 21.5 Å². The number of amides is 1. The fraction of sp³-hybridized carbons (Fsp3) is 0.250. The summed E-state index contributed by atoms with van der Waals surface area (Å²) in [6, 6.07) is 7.22. The lowest BCUT2D eigenvalue weighted by atomic mass is 10.0. The molecular weight excluding hydrogens is 410 g/mol. The lowest BCUT2D eigenvalue weighted by molar-refractivity contribution is 0.0931. The van der Waals surface area contributed by atoms with Gasteiger partial charge in [0.2, 0.25) is 0 Å². The predicted molar refractivity (Wildman–Crippen MR) is 111 cm³/mol. The Bertz CT molecular complexity index is 1130. The third kappa shape index (κ3) is 4.53. The van der Waals surface area contributed by atoms with E-state index >= 15 is 0 Å². The maximum atomic E-state index is 12.3. The van der Waals surface area contributed by atoms with Gasteiger partial charge in [-0.1, -0.05) is 17.7 Å². The molecule has 0 bridgehead atoms. The number of carbonyl (C=O) groups is 2. The summed E-state index contributed by atoms with van der Waals surface area (Å²) in [6.45, 7) is 5.59. The average molecular weight is 428 g/mol. The normalized spacial score (nSPS) is 11.7. The summed E-state index contributed by atoms with van der Waals surface area (Å²) < 4.78 is 1.73. The van der Waals surface area contributed by atoms with E-state index in [0.29, 0.717) is 22.1 Å². The SMILES string of the molecule is CC(=O)c1nc(C(=O)N[C@@H](C)Cn2ccc(-c3ccc(C#N)c(Cl)c3C)n2)cs1. The van der Waals surface area contributed by atoms with Crippen molar-refractivity contribution in [1.82, 2.24) is 20.1 Å². The minimum atomic E-state index is -0.330. The number of rotatable bonds is 6. The second-order valence-electron chi connectivity index (χ2n) is 6.60. The summed E-state index contributed by atoms with van der Waals surface area (Å²) in [4.78, 5) is 27.7. The van der Waals surface area contributed by atoms with Crippen molar-refractivity contribution < 1.29 is 9.59 Å². The number of thiazole rings is 1. The Morgan fingerprint density at radius 3 is 2.79 bits per heavy atom. The lowest BCUT2D eigenvalue weighted by Crippen LogP contribution is -2.36. The van der Waals surface area contributed by atoms with Crippen molar-refractivity contribution >= 4 is 34.6 Å². The molecule has 9 heteroatoms. The third-order valence-corrected chi connectivity index (χ3v) is 5.73. The van der Waals surface area contributed by atoms with Crippen LogP contribution >= 0.6 is 22.9 Å². The van der Waals surface area contributed by atoms with Crippen molar-refractivity contribution in [3.8, 4) is 17.3 Å². The minimum Gasteiger partial charge on any atom is -0.346 e. The lowest BCUT2D eigenvalue weighted by Gasteiger charge is -2.13. The summed E-state index contributed by atoms with van der Waals surface area (Å²) in [5.74, 6) is -0.493. The number of aromatic nitrogens is 3. The van der Waals surface area contributed by atoms with Gasteiger partial charge in [0.15, 0.2) is 10.8 Å². The van der Waals surface area contributed by atoms with Crippen LogP contribution in [0, 0.1) is 18.3 Å².